The quantitative estimate of drug-likeness (QED) is 0.607. The Morgan fingerprint density at radius 2 is 1.68 bits per heavy atom. The van der Waals surface area contributed by atoms with Crippen molar-refractivity contribution in [1.82, 2.24) is 9.80 Å². The maximum atomic E-state index is 13.1. The summed E-state index contributed by atoms with van der Waals surface area (Å²) in [6, 6.07) is 0. The van der Waals surface area contributed by atoms with Gasteiger partial charge < -0.3 is 19.3 Å². The van der Waals surface area contributed by atoms with Crippen LogP contribution in [-0.2, 0) is 14.3 Å². The first-order valence-electron chi connectivity index (χ1n) is 9.79. The van der Waals surface area contributed by atoms with Crippen molar-refractivity contribution in [1.29, 1.82) is 0 Å². The molecule has 25 heavy (non-hydrogen) atoms. The Hall–Kier alpha value is -1.49. The third-order valence-electron chi connectivity index (χ3n) is 5.12. The van der Waals surface area contributed by atoms with Crippen molar-refractivity contribution in [3.05, 3.63) is 23.7 Å². The molecule has 0 bridgehead atoms. The van der Waals surface area contributed by atoms with Crippen LogP contribution in [0.15, 0.2) is 23.7 Å². The molecular weight excluding hydrogens is 316 g/mol. The van der Waals surface area contributed by atoms with Gasteiger partial charge in [0.15, 0.2) is 0 Å². The Labute approximate surface area is 152 Å². The number of ether oxygens (including phenoxy) is 2. The monoisotopic (exact) mass is 350 g/mol. The smallest absolute Gasteiger partial charge is 0.236 e. The summed E-state index contributed by atoms with van der Waals surface area (Å²) in [4.78, 5) is 17.5. The van der Waals surface area contributed by atoms with Crippen LogP contribution in [0, 0.1) is 5.41 Å². The second-order valence-electron chi connectivity index (χ2n) is 6.73. The molecule has 2 aliphatic rings. The van der Waals surface area contributed by atoms with Crippen LogP contribution in [0.25, 0.3) is 0 Å². The molecule has 0 aromatic carbocycles. The van der Waals surface area contributed by atoms with E-state index in [1.165, 1.54) is 0 Å². The molecule has 1 amide bonds. The lowest BCUT2D eigenvalue weighted by molar-refractivity contribution is -0.132. The largest absolute Gasteiger partial charge is 0.498 e. The Bertz CT molecular complexity index is 487. The Balaban J connectivity index is 2.04. The van der Waals surface area contributed by atoms with Gasteiger partial charge in [-0.15, -0.1) is 0 Å². The Morgan fingerprint density at radius 3 is 2.20 bits per heavy atom. The zero-order valence-corrected chi connectivity index (χ0v) is 16.3. The van der Waals surface area contributed by atoms with Crippen molar-refractivity contribution in [3.8, 4) is 0 Å². The summed E-state index contributed by atoms with van der Waals surface area (Å²) in [5, 5.41) is 0. The number of nitrogens with zero attached hydrogens (tertiary/aromatic N) is 2. The van der Waals surface area contributed by atoms with Gasteiger partial charge in [-0.3, -0.25) is 4.79 Å². The van der Waals surface area contributed by atoms with Crippen LogP contribution < -0.4 is 0 Å². The van der Waals surface area contributed by atoms with E-state index in [9.17, 15) is 4.79 Å². The predicted molar refractivity (Wildman–Crippen MR) is 100 cm³/mol. The Morgan fingerprint density at radius 1 is 1.08 bits per heavy atom. The molecular formula is C20H34N2O3. The van der Waals surface area contributed by atoms with Crippen molar-refractivity contribution in [2.24, 2.45) is 5.41 Å². The van der Waals surface area contributed by atoms with Crippen LogP contribution in [0.2, 0.25) is 0 Å². The average molecular weight is 351 g/mol. The molecule has 142 valence electrons. The number of likely N-dealkylation sites (tertiary alicyclic amines) is 1. The van der Waals surface area contributed by atoms with E-state index in [4.69, 9.17) is 9.47 Å². The van der Waals surface area contributed by atoms with Crippen LogP contribution in [0.3, 0.4) is 0 Å². The van der Waals surface area contributed by atoms with Crippen molar-refractivity contribution < 1.29 is 14.3 Å². The van der Waals surface area contributed by atoms with Crippen LogP contribution in [0.5, 0.6) is 0 Å². The molecule has 0 aromatic rings. The second kappa shape index (κ2) is 9.27. The van der Waals surface area contributed by atoms with Gasteiger partial charge in [0.2, 0.25) is 5.91 Å². The zero-order valence-electron chi connectivity index (χ0n) is 16.3. The highest BCUT2D eigenvalue weighted by Crippen LogP contribution is 2.41. The molecule has 1 fully saturated rings. The standard InChI is InChI=1S/C20H34N2O3/c1-5-21(6-2)11-9-12-22-13-10-20(19(22)23)15-17(24-7-3)14-18(16-20)25-8-4/h15-16H,5-14H2,1-4H3. The number of hydrogen-bond acceptors (Lipinski definition) is 4. The summed E-state index contributed by atoms with van der Waals surface area (Å²) < 4.78 is 11.5. The fourth-order valence-electron chi connectivity index (χ4n) is 3.78. The lowest BCUT2D eigenvalue weighted by Crippen LogP contribution is -2.36. The van der Waals surface area contributed by atoms with E-state index in [0.29, 0.717) is 19.6 Å². The van der Waals surface area contributed by atoms with E-state index in [2.05, 4.69) is 18.7 Å². The van der Waals surface area contributed by atoms with Gasteiger partial charge in [-0.05, 0) is 58.5 Å². The minimum atomic E-state index is -0.567. The molecule has 2 rings (SSSR count). The van der Waals surface area contributed by atoms with E-state index in [0.717, 1.165) is 57.1 Å². The van der Waals surface area contributed by atoms with Gasteiger partial charge in [0.25, 0.3) is 0 Å². The topological polar surface area (TPSA) is 42.0 Å². The first-order chi connectivity index (χ1) is 12.1. The maximum Gasteiger partial charge on any atom is 0.236 e. The van der Waals surface area contributed by atoms with Crippen LogP contribution >= 0.6 is 0 Å². The molecule has 5 nitrogen and oxygen atoms in total. The van der Waals surface area contributed by atoms with Gasteiger partial charge in [0.05, 0.1) is 25.0 Å². The first-order valence-corrected chi connectivity index (χ1v) is 9.79. The van der Waals surface area contributed by atoms with E-state index in [1.54, 1.807) is 0 Å². The third-order valence-corrected chi connectivity index (χ3v) is 5.12. The maximum absolute atomic E-state index is 13.1. The summed E-state index contributed by atoms with van der Waals surface area (Å²) in [5.74, 6) is 1.93. The molecule has 1 spiro atoms. The lowest BCUT2D eigenvalue weighted by Gasteiger charge is -2.28. The highest BCUT2D eigenvalue weighted by molar-refractivity contribution is 5.89. The number of carbonyl (C=O) groups is 1. The number of amides is 1. The second-order valence-corrected chi connectivity index (χ2v) is 6.73. The molecule has 0 atom stereocenters. The van der Waals surface area contributed by atoms with Crippen LogP contribution in [0.1, 0.15) is 47.0 Å². The lowest BCUT2D eigenvalue weighted by atomic mass is 9.81. The highest BCUT2D eigenvalue weighted by Gasteiger charge is 2.46. The first kappa shape index (κ1) is 19.8. The molecule has 0 saturated carbocycles. The number of hydrogen-bond donors (Lipinski definition) is 0. The summed E-state index contributed by atoms with van der Waals surface area (Å²) in [5.41, 5.74) is -0.567. The number of carbonyl (C=O) groups excluding carboxylic acids is 1. The van der Waals surface area contributed by atoms with Gasteiger partial charge in [0, 0.05) is 13.1 Å². The van der Waals surface area contributed by atoms with Gasteiger partial charge in [-0.1, -0.05) is 13.8 Å². The minimum Gasteiger partial charge on any atom is -0.498 e. The highest BCUT2D eigenvalue weighted by atomic mass is 16.5. The van der Waals surface area contributed by atoms with Gasteiger partial charge in [-0.2, -0.15) is 0 Å². The summed E-state index contributed by atoms with van der Waals surface area (Å²) in [6.07, 6.45) is 6.55. The molecule has 0 radical (unpaired) electrons. The molecule has 0 N–H and O–H groups in total. The van der Waals surface area contributed by atoms with Crippen molar-refractivity contribution in [2.45, 2.75) is 47.0 Å². The van der Waals surface area contributed by atoms with E-state index in [1.807, 2.05) is 30.9 Å². The van der Waals surface area contributed by atoms with E-state index < -0.39 is 5.41 Å². The average Bonchev–Trinajstić information content (AvgIpc) is 2.88. The molecule has 1 aliphatic heterocycles. The molecule has 0 unspecified atom stereocenters. The van der Waals surface area contributed by atoms with Crippen molar-refractivity contribution >= 4 is 5.91 Å². The number of rotatable bonds is 10. The molecule has 5 heteroatoms. The van der Waals surface area contributed by atoms with Crippen LogP contribution in [0.4, 0.5) is 0 Å². The fraction of sp³-hybridized carbons (Fsp3) is 0.750. The summed E-state index contributed by atoms with van der Waals surface area (Å²) in [7, 11) is 0. The molecule has 1 aliphatic carbocycles. The molecule has 1 heterocycles. The summed E-state index contributed by atoms with van der Waals surface area (Å²) in [6.45, 7) is 14.4. The van der Waals surface area contributed by atoms with Gasteiger partial charge in [-0.25, -0.2) is 0 Å². The Kier molecular flexibility index (Phi) is 7.36. The zero-order chi connectivity index (χ0) is 18.3. The van der Waals surface area contributed by atoms with Gasteiger partial charge in [0.1, 0.15) is 11.5 Å². The normalized spacial score (nSPS) is 19.4. The van der Waals surface area contributed by atoms with E-state index >= 15 is 0 Å². The van der Waals surface area contributed by atoms with Gasteiger partial charge >= 0.3 is 0 Å². The van der Waals surface area contributed by atoms with Crippen molar-refractivity contribution in [2.75, 3.05) is 45.9 Å². The third kappa shape index (κ3) is 4.78. The summed E-state index contributed by atoms with van der Waals surface area (Å²) >= 11 is 0. The van der Waals surface area contributed by atoms with Crippen LogP contribution in [-0.4, -0.2) is 61.6 Å². The molecule has 1 saturated heterocycles. The predicted octanol–water partition coefficient (Wildman–Crippen LogP) is 3.18. The minimum absolute atomic E-state index is 0.196. The molecule has 0 aromatic heterocycles. The SMILES string of the molecule is CCOC1=CC2(C=C(OCC)C1)CCN(CCCN(CC)CC)C2=O. The van der Waals surface area contributed by atoms with E-state index in [-0.39, 0.29) is 5.91 Å². The fourth-order valence-corrected chi connectivity index (χ4v) is 3.78. The van der Waals surface area contributed by atoms with Crippen molar-refractivity contribution in [3.63, 3.8) is 0 Å².